The van der Waals surface area contributed by atoms with Gasteiger partial charge in [0.1, 0.15) is 27.7 Å². The van der Waals surface area contributed by atoms with E-state index in [1.807, 2.05) is 0 Å². The van der Waals surface area contributed by atoms with Crippen LogP contribution in [0.5, 0.6) is 5.75 Å². The molecule has 2 atom stereocenters. The summed E-state index contributed by atoms with van der Waals surface area (Å²) in [5, 5.41) is 0. The standard InChI is InChI=1S/C33H37N3O6S2/c1-2-34-43(37,38)22-11-12-23(28(19-22)44(39,40)41)29-26-17-20-7-3-13-35-15-5-9-24(30(20)35)32(26)42-33-25-10-6-16-36-14-4-8-21(31(25)36)18-27(29)33/h11-12,17-19,30,34H,2-10,13-16H2,1H3,(H,39,40,41). The van der Waals surface area contributed by atoms with E-state index in [0.29, 0.717) is 5.57 Å². The molecule has 0 bridgehead atoms. The van der Waals surface area contributed by atoms with E-state index in [0.717, 1.165) is 112 Å². The van der Waals surface area contributed by atoms with Gasteiger partial charge in [-0.3, -0.25) is 0 Å². The van der Waals surface area contributed by atoms with Crippen molar-refractivity contribution in [3.8, 4) is 5.75 Å². The van der Waals surface area contributed by atoms with Crippen LogP contribution in [0.3, 0.4) is 0 Å². The molecule has 6 aliphatic rings. The average molecular weight is 636 g/mol. The van der Waals surface area contributed by atoms with E-state index in [2.05, 4.69) is 21.8 Å². The minimum Gasteiger partial charge on any atom is -0.744 e. The van der Waals surface area contributed by atoms with E-state index < -0.39 is 25.0 Å². The van der Waals surface area contributed by atoms with Crippen molar-refractivity contribution in [3.63, 3.8) is 0 Å². The summed E-state index contributed by atoms with van der Waals surface area (Å²) in [6.07, 6.45) is 10.0. The zero-order valence-corrected chi connectivity index (χ0v) is 26.5. The predicted octanol–water partition coefficient (Wildman–Crippen LogP) is 2.82. The van der Waals surface area contributed by atoms with E-state index >= 15 is 0 Å². The Morgan fingerprint density at radius 2 is 1.75 bits per heavy atom. The molecule has 5 aliphatic heterocycles. The molecule has 2 aromatic rings. The van der Waals surface area contributed by atoms with Gasteiger partial charge in [-0.05, 0) is 73.9 Å². The summed E-state index contributed by atoms with van der Waals surface area (Å²) in [5.41, 5.74) is 8.70. The van der Waals surface area contributed by atoms with Gasteiger partial charge in [-0.1, -0.05) is 13.0 Å². The maximum Gasteiger partial charge on any atom is 0.240 e. The number of nitrogens with one attached hydrogen (secondary N) is 2. The first kappa shape index (κ1) is 28.5. The van der Waals surface area contributed by atoms with Gasteiger partial charge in [-0.15, -0.1) is 0 Å². The number of sulfonamides is 1. The molecule has 2 fully saturated rings. The third-order valence-corrected chi connectivity index (χ3v) is 12.7. The molecule has 8 rings (SSSR count). The van der Waals surface area contributed by atoms with Crippen molar-refractivity contribution in [2.45, 2.75) is 74.1 Å². The van der Waals surface area contributed by atoms with Gasteiger partial charge in [-0.25, -0.2) is 21.6 Å². The van der Waals surface area contributed by atoms with Gasteiger partial charge in [0.15, 0.2) is 0 Å². The van der Waals surface area contributed by atoms with Gasteiger partial charge in [0, 0.05) is 71.6 Å². The topological polar surface area (TPSA) is 120 Å². The van der Waals surface area contributed by atoms with E-state index in [-0.39, 0.29) is 23.0 Å². The fourth-order valence-electron chi connectivity index (χ4n) is 8.62. The molecule has 0 aromatic heterocycles. The molecule has 0 spiro atoms. The van der Waals surface area contributed by atoms with Gasteiger partial charge in [0.2, 0.25) is 10.0 Å². The summed E-state index contributed by atoms with van der Waals surface area (Å²) in [4.78, 5) is 3.25. The monoisotopic (exact) mass is 635 g/mol. The lowest BCUT2D eigenvalue weighted by atomic mass is 9.75. The van der Waals surface area contributed by atoms with Crippen LogP contribution in [0, 0.1) is 0 Å². The second-order valence-corrected chi connectivity index (χ2v) is 15.9. The van der Waals surface area contributed by atoms with Crippen molar-refractivity contribution < 1.29 is 31.0 Å². The smallest absolute Gasteiger partial charge is 0.240 e. The maximum absolute atomic E-state index is 13.0. The van der Waals surface area contributed by atoms with Crippen LogP contribution in [0.15, 0.2) is 62.6 Å². The van der Waals surface area contributed by atoms with Crippen LogP contribution in [0.2, 0.25) is 0 Å². The van der Waals surface area contributed by atoms with Crippen molar-refractivity contribution in [2.24, 2.45) is 0 Å². The summed E-state index contributed by atoms with van der Waals surface area (Å²) < 4.78 is 74.1. The lowest BCUT2D eigenvalue weighted by molar-refractivity contribution is -0.922. The molecule has 2 N–H and O–H groups in total. The number of quaternary nitrogens is 1. The number of piperidine rings is 2. The van der Waals surface area contributed by atoms with Crippen molar-refractivity contribution in [1.29, 1.82) is 0 Å². The number of nitrogens with zero attached hydrogens (tertiary/aromatic N) is 1. The fraction of sp³-hybridized carbons (Fsp3) is 0.455. The van der Waals surface area contributed by atoms with Gasteiger partial charge >= 0.3 is 0 Å². The maximum atomic E-state index is 13.0. The van der Waals surface area contributed by atoms with E-state index in [1.165, 1.54) is 34.5 Å². The lowest BCUT2D eigenvalue weighted by Gasteiger charge is -2.44. The average Bonchev–Trinajstić information content (AvgIpc) is 3.00. The van der Waals surface area contributed by atoms with E-state index in [4.69, 9.17) is 4.74 Å². The Morgan fingerprint density at radius 1 is 0.977 bits per heavy atom. The third kappa shape index (κ3) is 4.34. The highest BCUT2D eigenvalue weighted by Gasteiger charge is 2.45. The molecular formula is C33H37N3O6S2. The van der Waals surface area contributed by atoms with Crippen LogP contribution in [0.4, 0.5) is 5.69 Å². The van der Waals surface area contributed by atoms with Gasteiger partial charge in [-0.2, -0.15) is 0 Å². The van der Waals surface area contributed by atoms with Crippen molar-refractivity contribution in [2.75, 3.05) is 37.6 Å². The summed E-state index contributed by atoms with van der Waals surface area (Å²) >= 11 is 0. The number of hydrogen-bond donors (Lipinski definition) is 2. The molecule has 0 saturated carbocycles. The Bertz CT molecular complexity index is 1920. The number of ether oxygens (including phenoxy) is 1. The zero-order valence-electron chi connectivity index (χ0n) is 24.9. The van der Waals surface area contributed by atoms with Crippen molar-refractivity contribution in [3.05, 3.63) is 75.1 Å². The van der Waals surface area contributed by atoms with Crippen molar-refractivity contribution in [1.82, 2.24) is 4.72 Å². The van der Waals surface area contributed by atoms with E-state index in [1.54, 1.807) is 11.8 Å². The number of benzene rings is 2. The highest BCUT2D eigenvalue weighted by atomic mass is 32.2. The Hall–Kier alpha value is -2.96. The quantitative estimate of drug-likeness (QED) is 0.485. The number of allylic oxidation sites excluding steroid dienone is 1. The van der Waals surface area contributed by atoms with Crippen LogP contribution in [-0.2, 0) is 33.0 Å². The van der Waals surface area contributed by atoms with Crippen LogP contribution in [0.1, 0.15) is 67.7 Å². The Morgan fingerprint density at radius 3 is 2.52 bits per heavy atom. The molecule has 44 heavy (non-hydrogen) atoms. The van der Waals surface area contributed by atoms with E-state index in [9.17, 15) is 21.4 Å². The first-order valence-corrected chi connectivity index (χ1v) is 18.8. The van der Waals surface area contributed by atoms with Crippen LogP contribution in [0.25, 0.3) is 5.57 Å². The molecule has 2 unspecified atom stereocenters. The Balaban J connectivity index is 1.46. The normalized spacial score (nSPS) is 24.1. The van der Waals surface area contributed by atoms with Crippen molar-refractivity contribution >= 4 is 31.4 Å². The molecular weight excluding hydrogens is 599 g/mol. The molecule has 9 nitrogen and oxygen atoms in total. The number of hydrogen-bond acceptors (Lipinski definition) is 7. The summed E-state index contributed by atoms with van der Waals surface area (Å²) in [5.74, 6) is 1.55. The molecule has 2 saturated heterocycles. The second kappa shape index (κ2) is 10.3. The highest BCUT2D eigenvalue weighted by Crippen LogP contribution is 2.53. The number of fused-ring (bicyclic) bond motifs is 3. The summed E-state index contributed by atoms with van der Waals surface area (Å²) in [6, 6.07) is 6.36. The minimum atomic E-state index is -5.06. The molecule has 2 aromatic carbocycles. The Kier molecular flexibility index (Phi) is 6.66. The lowest BCUT2D eigenvalue weighted by Crippen LogP contribution is -3.18. The molecule has 0 amide bonds. The van der Waals surface area contributed by atoms with Gasteiger partial charge < -0.3 is 19.1 Å². The fourth-order valence-corrected chi connectivity index (χ4v) is 10.5. The first-order chi connectivity index (χ1) is 21.2. The Labute approximate surface area is 259 Å². The predicted molar refractivity (Wildman–Crippen MR) is 165 cm³/mol. The summed E-state index contributed by atoms with van der Waals surface area (Å²) in [6.45, 7) is 6.04. The number of anilines is 1. The van der Waals surface area contributed by atoms with Crippen LogP contribution in [-0.4, -0.2) is 60.2 Å². The van der Waals surface area contributed by atoms with Crippen LogP contribution < -0.4 is 19.3 Å². The zero-order chi connectivity index (χ0) is 30.4. The van der Waals surface area contributed by atoms with Gasteiger partial charge in [0.25, 0.3) is 0 Å². The number of rotatable bonds is 5. The molecule has 11 heteroatoms. The first-order valence-electron chi connectivity index (χ1n) is 15.9. The van der Waals surface area contributed by atoms with Crippen LogP contribution >= 0.6 is 0 Å². The highest BCUT2D eigenvalue weighted by molar-refractivity contribution is 7.89. The summed E-state index contributed by atoms with van der Waals surface area (Å²) in [7, 11) is -9.05. The molecule has 0 radical (unpaired) electrons. The molecule has 1 aliphatic carbocycles. The molecule has 232 valence electrons. The second-order valence-electron chi connectivity index (χ2n) is 12.8. The SMILES string of the molecule is CCNS(=O)(=O)c1ccc(C2=C3C=C4CCC[NH+]5CCCC(=C3Oc3c2cc2c6c3CCCN6CCC2)C45)c(S(=O)(=O)[O-])c1. The molecule has 5 heterocycles. The third-order valence-electron chi connectivity index (χ3n) is 10.3. The largest absolute Gasteiger partial charge is 0.744 e. The van der Waals surface area contributed by atoms with Gasteiger partial charge in [0.05, 0.1) is 22.9 Å². The minimum absolute atomic E-state index is 0.138. The number of aryl methyl sites for hydroxylation is 1.